The van der Waals surface area contributed by atoms with Gasteiger partial charge in [-0.1, -0.05) is 56.7 Å². The van der Waals surface area contributed by atoms with Crippen molar-refractivity contribution in [3.05, 3.63) is 29.8 Å². The van der Waals surface area contributed by atoms with Crippen LogP contribution in [0.2, 0.25) is 0 Å². The monoisotopic (exact) mass is 520 g/mol. The third-order valence-corrected chi connectivity index (χ3v) is 5.78. The van der Waals surface area contributed by atoms with Crippen molar-refractivity contribution in [2.45, 2.75) is 52.4 Å². The Bertz CT molecular complexity index is 584. The average molecular weight is 520 g/mol. The van der Waals surface area contributed by atoms with E-state index < -0.39 is 15.6 Å². The summed E-state index contributed by atoms with van der Waals surface area (Å²) in [5.74, 6) is 0.153. The van der Waals surface area contributed by atoms with Crippen molar-refractivity contribution in [3.8, 4) is 5.75 Å². The molecule has 0 aliphatic carbocycles. The molecule has 0 spiro atoms. The van der Waals surface area contributed by atoms with Gasteiger partial charge in [0.1, 0.15) is 5.75 Å². The zero-order valence-corrected chi connectivity index (χ0v) is 21.0. The molecule has 0 radical (unpaired) electrons. The molecule has 1 rings (SSSR count). The van der Waals surface area contributed by atoms with Crippen LogP contribution in [0.15, 0.2) is 24.3 Å². The van der Waals surface area contributed by atoms with Crippen molar-refractivity contribution in [2.75, 3.05) is 6.61 Å². The first kappa shape index (κ1) is 25.9. The number of aryl methyl sites for hydroxylation is 1. The second-order valence-corrected chi connectivity index (χ2v) is 8.49. The number of hydrogen-bond acceptors (Lipinski definition) is 5. The molecule has 0 fully saturated rings. The van der Waals surface area contributed by atoms with Gasteiger partial charge in [0, 0.05) is 0 Å². The Morgan fingerprint density at radius 2 is 1.56 bits per heavy atom. The summed E-state index contributed by atoms with van der Waals surface area (Å²) in [4.78, 5) is 17.9. The van der Waals surface area contributed by atoms with Crippen molar-refractivity contribution in [3.63, 3.8) is 0 Å². The molecule has 2 N–H and O–H groups in total. The Morgan fingerprint density at radius 1 is 1.00 bits per heavy atom. The van der Waals surface area contributed by atoms with Crippen LogP contribution in [0.5, 0.6) is 5.75 Å². The Labute approximate surface area is 192 Å². The number of benzene rings is 1. The van der Waals surface area contributed by atoms with Crippen LogP contribution < -0.4 is 4.52 Å². The Morgan fingerprint density at radius 3 is 2.12 bits per heavy atom. The van der Waals surface area contributed by atoms with Crippen LogP contribution in [0, 0.1) is 6.92 Å². The summed E-state index contributed by atoms with van der Waals surface area (Å²) in [6.07, 6.45) is 5.94. The molecule has 0 amide bonds. The van der Waals surface area contributed by atoms with Crippen molar-refractivity contribution in [1.29, 1.82) is 0 Å². The van der Waals surface area contributed by atoms with E-state index in [-0.39, 0.29) is 64.1 Å². The Kier molecular flexibility index (Phi) is 13.6. The molecule has 142 valence electrons. The first-order valence-corrected chi connectivity index (χ1v) is 11.0. The number of hydrogen-bond donors (Lipinski definition) is 2. The Hall–Kier alpha value is 0.891. The molecule has 1 aromatic rings. The van der Waals surface area contributed by atoms with Crippen molar-refractivity contribution in [2.24, 2.45) is 0 Å². The number of unbranched alkanes of at least 4 members (excludes halogenated alkanes) is 5. The van der Waals surface area contributed by atoms with Gasteiger partial charge in [-0.15, -0.1) is 0 Å². The fourth-order valence-electron chi connectivity index (χ4n) is 1.98. The maximum absolute atomic E-state index is 12.5. The van der Waals surface area contributed by atoms with Gasteiger partial charge in [-0.05, 0) is 25.5 Å². The van der Waals surface area contributed by atoms with Crippen LogP contribution in [-0.2, 0) is 18.0 Å². The molecule has 0 bridgehead atoms. The maximum Gasteiger partial charge on any atom is 2.00 e. The summed E-state index contributed by atoms with van der Waals surface area (Å²) in [5, 5.41) is 0. The van der Waals surface area contributed by atoms with Crippen LogP contribution in [0.3, 0.4) is 0 Å². The fourth-order valence-corrected chi connectivity index (χ4v) is 4.13. The van der Waals surface area contributed by atoms with E-state index in [4.69, 9.17) is 18.8 Å². The SMILES string of the molecule is CCCCCCCCOP(=O)(Oc1ccc(C)cc1)OP(=O)(O)O.[Ba+2].[H-].[H-]. The standard InChI is InChI=1S/C15H26O7P2.Ba.2H/c1-3-4-5-6-7-8-13-20-24(19,22-23(16,17)18)21-15-11-9-14(2)10-12-15;;;/h9-12H,3-8,13H2,1-2H3,(H2,16,17,18);;;/q;+2;2*-1. The van der Waals surface area contributed by atoms with Crippen LogP contribution in [-0.4, -0.2) is 65.3 Å². The van der Waals surface area contributed by atoms with E-state index >= 15 is 0 Å². The molecule has 0 aromatic heterocycles. The van der Waals surface area contributed by atoms with E-state index in [0.717, 1.165) is 37.7 Å². The van der Waals surface area contributed by atoms with E-state index in [1.54, 1.807) is 12.1 Å². The van der Waals surface area contributed by atoms with Gasteiger partial charge in [-0.2, -0.15) is 4.31 Å². The molecular weight excluding hydrogens is 491 g/mol. The predicted molar refractivity (Wildman–Crippen MR) is 99.8 cm³/mol. The van der Waals surface area contributed by atoms with Crippen molar-refractivity contribution in [1.82, 2.24) is 0 Å². The van der Waals surface area contributed by atoms with E-state index in [0.29, 0.717) is 6.42 Å². The third kappa shape index (κ3) is 12.8. The molecule has 1 atom stereocenters. The summed E-state index contributed by atoms with van der Waals surface area (Å²) in [5.41, 5.74) is 0.959. The first-order chi connectivity index (χ1) is 11.2. The molecule has 0 saturated heterocycles. The third-order valence-electron chi connectivity index (χ3n) is 3.19. The van der Waals surface area contributed by atoms with E-state index in [1.165, 1.54) is 12.1 Å². The van der Waals surface area contributed by atoms with Crippen molar-refractivity contribution >= 4 is 64.5 Å². The number of rotatable bonds is 12. The molecule has 1 aromatic carbocycles. The van der Waals surface area contributed by atoms with Gasteiger partial charge in [0.2, 0.25) is 0 Å². The largest absolute Gasteiger partial charge is 2.00 e. The number of phosphoric acid groups is 2. The summed E-state index contributed by atoms with van der Waals surface area (Å²) in [7, 11) is -9.42. The van der Waals surface area contributed by atoms with Gasteiger partial charge < -0.3 is 17.2 Å². The van der Waals surface area contributed by atoms with Gasteiger partial charge in [-0.25, -0.2) is 9.13 Å². The minimum absolute atomic E-state index is 0. The molecule has 1 unspecified atom stereocenters. The fraction of sp³-hybridized carbons (Fsp3) is 0.600. The minimum atomic E-state index is -5.02. The van der Waals surface area contributed by atoms with Crippen LogP contribution >= 0.6 is 15.6 Å². The van der Waals surface area contributed by atoms with E-state index in [9.17, 15) is 9.13 Å². The van der Waals surface area contributed by atoms with Crippen LogP contribution in [0.4, 0.5) is 0 Å². The molecule has 0 aliphatic rings. The topological polar surface area (TPSA) is 102 Å². The zero-order valence-electron chi connectivity index (χ0n) is 16.8. The first-order valence-electron chi connectivity index (χ1n) is 8.02. The number of phosphoric ester groups is 1. The van der Waals surface area contributed by atoms with Crippen LogP contribution in [0.1, 0.15) is 53.9 Å². The van der Waals surface area contributed by atoms with Gasteiger partial charge in [0.15, 0.2) is 0 Å². The van der Waals surface area contributed by atoms with Gasteiger partial charge >= 0.3 is 64.5 Å². The molecule has 0 heterocycles. The summed E-state index contributed by atoms with van der Waals surface area (Å²) in [6.45, 7) is 4.03. The van der Waals surface area contributed by atoms with Gasteiger partial charge in [-0.3, -0.25) is 4.52 Å². The average Bonchev–Trinajstić information content (AvgIpc) is 2.47. The predicted octanol–water partition coefficient (Wildman–Crippen LogP) is 4.81. The van der Waals surface area contributed by atoms with E-state index in [2.05, 4.69) is 11.2 Å². The molecule has 25 heavy (non-hydrogen) atoms. The second kappa shape index (κ2) is 13.1. The van der Waals surface area contributed by atoms with Crippen molar-refractivity contribution < 1.29 is 35.1 Å². The second-order valence-electron chi connectivity index (χ2n) is 5.52. The van der Waals surface area contributed by atoms with Crippen LogP contribution in [0.25, 0.3) is 0 Å². The Balaban J connectivity index is -0.00000192. The smallest absolute Gasteiger partial charge is 1.00 e. The summed E-state index contributed by atoms with van der Waals surface area (Å²) >= 11 is 0. The quantitative estimate of drug-likeness (QED) is 0.232. The molecule has 0 saturated carbocycles. The van der Waals surface area contributed by atoms with Gasteiger partial charge in [0.25, 0.3) is 0 Å². The van der Waals surface area contributed by atoms with Gasteiger partial charge in [0.05, 0.1) is 6.61 Å². The zero-order chi connectivity index (χ0) is 18.1. The summed E-state index contributed by atoms with van der Waals surface area (Å²) in [6, 6.07) is 6.48. The molecule has 10 heteroatoms. The molecular formula is C15H28BaO7P2. The molecule has 7 nitrogen and oxygen atoms in total. The maximum atomic E-state index is 12.5. The summed E-state index contributed by atoms with van der Waals surface area (Å²) < 4.78 is 37.9. The normalized spacial score (nSPS) is 13.8. The minimum Gasteiger partial charge on any atom is -1.00 e. The van der Waals surface area contributed by atoms with E-state index in [1.807, 2.05) is 6.92 Å². The molecule has 0 aliphatic heterocycles.